The van der Waals surface area contributed by atoms with E-state index in [0.717, 1.165) is 12.1 Å². The molecular formula is C10H12N2O3. The van der Waals surface area contributed by atoms with E-state index in [-0.39, 0.29) is 11.8 Å². The average Bonchev–Trinajstić information content (AvgIpc) is 2.65. The highest BCUT2D eigenvalue weighted by molar-refractivity contribution is 5.34. The van der Waals surface area contributed by atoms with Crippen molar-refractivity contribution in [2.75, 3.05) is 20.3 Å². The van der Waals surface area contributed by atoms with Crippen molar-refractivity contribution in [1.29, 1.82) is 0 Å². The van der Waals surface area contributed by atoms with Crippen molar-refractivity contribution >= 4 is 5.69 Å². The maximum absolute atomic E-state index is 10.5. The van der Waals surface area contributed by atoms with Crippen molar-refractivity contribution in [3.8, 4) is 0 Å². The highest BCUT2D eigenvalue weighted by atomic mass is 16.6. The SMILES string of the molecule is CN1COC(c2ccc([N+](=O)[O-])cc2)C1. The van der Waals surface area contributed by atoms with Crippen LogP contribution in [0.4, 0.5) is 5.69 Å². The minimum absolute atomic E-state index is 0.0378. The highest BCUT2D eigenvalue weighted by Gasteiger charge is 2.21. The molecule has 2 rings (SSSR count). The molecule has 0 N–H and O–H groups in total. The predicted molar refractivity (Wildman–Crippen MR) is 54.4 cm³/mol. The van der Waals surface area contributed by atoms with Crippen LogP contribution in [0.25, 0.3) is 0 Å². The van der Waals surface area contributed by atoms with Crippen LogP contribution >= 0.6 is 0 Å². The van der Waals surface area contributed by atoms with E-state index in [1.807, 2.05) is 7.05 Å². The van der Waals surface area contributed by atoms with Crippen LogP contribution in [-0.2, 0) is 4.74 Å². The molecule has 1 atom stereocenters. The number of benzene rings is 1. The van der Waals surface area contributed by atoms with Gasteiger partial charge in [-0.1, -0.05) is 0 Å². The number of likely N-dealkylation sites (N-methyl/N-ethyl adjacent to an activating group) is 1. The summed E-state index contributed by atoms with van der Waals surface area (Å²) >= 11 is 0. The normalized spacial score (nSPS) is 21.8. The van der Waals surface area contributed by atoms with E-state index in [1.165, 1.54) is 12.1 Å². The predicted octanol–water partition coefficient (Wildman–Crippen LogP) is 1.56. The van der Waals surface area contributed by atoms with Crippen LogP contribution in [-0.4, -0.2) is 30.1 Å². The molecule has 0 radical (unpaired) electrons. The molecule has 5 heteroatoms. The third kappa shape index (κ3) is 2.14. The first kappa shape index (κ1) is 10.1. The lowest BCUT2D eigenvalue weighted by atomic mass is 10.1. The third-order valence-electron chi connectivity index (χ3n) is 2.45. The van der Waals surface area contributed by atoms with Crippen molar-refractivity contribution in [2.24, 2.45) is 0 Å². The van der Waals surface area contributed by atoms with Crippen LogP contribution in [0.3, 0.4) is 0 Å². The summed E-state index contributed by atoms with van der Waals surface area (Å²) in [5.74, 6) is 0. The van der Waals surface area contributed by atoms with E-state index in [0.29, 0.717) is 6.73 Å². The van der Waals surface area contributed by atoms with Crippen LogP contribution in [0.2, 0.25) is 0 Å². The number of ether oxygens (including phenoxy) is 1. The molecule has 0 aromatic heterocycles. The smallest absolute Gasteiger partial charge is 0.269 e. The Bertz CT molecular complexity index is 363. The zero-order valence-electron chi connectivity index (χ0n) is 8.42. The molecular weight excluding hydrogens is 196 g/mol. The Morgan fingerprint density at radius 3 is 2.60 bits per heavy atom. The number of nitro groups is 1. The Morgan fingerprint density at radius 2 is 2.13 bits per heavy atom. The Balaban J connectivity index is 2.13. The highest BCUT2D eigenvalue weighted by Crippen LogP contribution is 2.24. The minimum atomic E-state index is -0.397. The van der Waals surface area contributed by atoms with Crippen molar-refractivity contribution in [1.82, 2.24) is 4.90 Å². The molecule has 0 amide bonds. The van der Waals surface area contributed by atoms with Gasteiger partial charge in [0.25, 0.3) is 5.69 Å². The lowest BCUT2D eigenvalue weighted by molar-refractivity contribution is -0.384. The zero-order valence-corrected chi connectivity index (χ0v) is 8.42. The summed E-state index contributed by atoms with van der Waals surface area (Å²) in [6.45, 7) is 1.44. The Kier molecular flexibility index (Phi) is 2.66. The molecule has 1 heterocycles. The summed E-state index contributed by atoms with van der Waals surface area (Å²) in [6.07, 6.45) is 0.0378. The summed E-state index contributed by atoms with van der Waals surface area (Å²) in [6, 6.07) is 6.53. The molecule has 5 nitrogen and oxygen atoms in total. The lowest BCUT2D eigenvalue weighted by Gasteiger charge is -2.08. The second-order valence-corrected chi connectivity index (χ2v) is 3.67. The topological polar surface area (TPSA) is 55.6 Å². The maximum atomic E-state index is 10.5. The second kappa shape index (κ2) is 3.96. The summed E-state index contributed by atoms with van der Waals surface area (Å²) in [7, 11) is 1.98. The van der Waals surface area contributed by atoms with Crippen LogP contribution in [0.5, 0.6) is 0 Å². The van der Waals surface area contributed by atoms with E-state index in [4.69, 9.17) is 4.74 Å². The fourth-order valence-electron chi connectivity index (χ4n) is 1.62. The summed E-state index contributed by atoms with van der Waals surface area (Å²) in [5.41, 5.74) is 1.11. The molecule has 0 spiro atoms. The number of rotatable bonds is 2. The number of non-ortho nitro benzene ring substituents is 1. The standard InChI is InChI=1S/C10H12N2O3/c1-11-6-10(15-7-11)8-2-4-9(5-3-8)12(13)14/h2-5,10H,6-7H2,1H3. The third-order valence-corrected chi connectivity index (χ3v) is 2.45. The molecule has 0 aliphatic carbocycles. The van der Waals surface area contributed by atoms with E-state index in [9.17, 15) is 10.1 Å². The van der Waals surface area contributed by atoms with Crippen LogP contribution in [0.15, 0.2) is 24.3 Å². The van der Waals surface area contributed by atoms with E-state index >= 15 is 0 Å². The van der Waals surface area contributed by atoms with Gasteiger partial charge in [0.15, 0.2) is 0 Å². The van der Waals surface area contributed by atoms with Crippen LogP contribution in [0.1, 0.15) is 11.7 Å². The summed E-state index contributed by atoms with van der Waals surface area (Å²) in [4.78, 5) is 12.1. The van der Waals surface area contributed by atoms with Gasteiger partial charge in [-0.25, -0.2) is 0 Å². The van der Waals surface area contributed by atoms with E-state index in [2.05, 4.69) is 4.90 Å². The molecule has 1 aliphatic heterocycles. The maximum Gasteiger partial charge on any atom is 0.269 e. The molecule has 0 saturated carbocycles. The number of nitrogens with zero attached hydrogens (tertiary/aromatic N) is 2. The molecule has 0 bridgehead atoms. The molecule has 1 fully saturated rings. The molecule has 1 saturated heterocycles. The van der Waals surface area contributed by atoms with Gasteiger partial charge in [0.05, 0.1) is 17.8 Å². The molecule has 1 aromatic carbocycles. The Hall–Kier alpha value is -1.46. The van der Waals surface area contributed by atoms with Gasteiger partial charge in [0.2, 0.25) is 0 Å². The second-order valence-electron chi connectivity index (χ2n) is 3.67. The number of hydrogen-bond acceptors (Lipinski definition) is 4. The lowest BCUT2D eigenvalue weighted by Crippen LogP contribution is -2.13. The molecule has 1 aromatic rings. The van der Waals surface area contributed by atoms with Crippen molar-refractivity contribution in [2.45, 2.75) is 6.10 Å². The van der Waals surface area contributed by atoms with Crippen LogP contribution in [0, 0.1) is 10.1 Å². The monoisotopic (exact) mass is 208 g/mol. The number of hydrogen-bond donors (Lipinski definition) is 0. The first-order valence-corrected chi connectivity index (χ1v) is 4.71. The van der Waals surface area contributed by atoms with Crippen molar-refractivity contribution < 1.29 is 9.66 Å². The fourth-order valence-corrected chi connectivity index (χ4v) is 1.62. The Morgan fingerprint density at radius 1 is 1.47 bits per heavy atom. The average molecular weight is 208 g/mol. The largest absolute Gasteiger partial charge is 0.357 e. The van der Waals surface area contributed by atoms with Gasteiger partial charge in [0, 0.05) is 18.7 Å². The summed E-state index contributed by atoms with van der Waals surface area (Å²) in [5, 5.41) is 10.5. The van der Waals surface area contributed by atoms with Gasteiger partial charge < -0.3 is 4.74 Å². The molecule has 80 valence electrons. The minimum Gasteiger partial charge on any atom is -0.357 e. The van der Waals surface area contributed by atoms with Gasteiger partial charge in [-0.3, -0.25) is 15.0 Å². The Labute approximate surface area is 87.4 Å². The van der Waals surface area contributed by atoms with Crippen molar-refractivity contribution in [3.05, 3.63) is 39.9 Å². The van der Waals surface area contributed by atoms with Gasteiger partial charge in [-0.05, 0) is 24.7 Å². The van der Waals surface area contributed by atoms with Gasteiger partial charge in [-0.15, -0.1) is 0 Å². The van der Waals surface area contributed by atoms with Crippen molar-refractivity contribution in [3.63, 3.8) is 0 Å². The first-order valence-electron chi connectivity index (χ1n) is 4.71. The van der Waals surface area contributed by atoms with E-state index < -0.39 is 4.92 Å². The van der Waals surface area contributed by atoms with Gasteiger partial charge in [0.1, 0.15) is 0 Å². The first-order chi connectivity index (χ1) is 7.16. The van der Waals surface area contributed by atoms with Gasteiger partial charge >= 0.3 is 0 Å². The quantitative estimate of drug-likeness (QED) is 0.546. The molecule has 1 aliphatic rings. The zero-order chi connectivity index (χ0) is 10.8. The number of nitro benzene ring substituents is 1. The molecule has 15 heavy (non-hydrogen) atoms. The van der Waals surface area contributed by atoms with E-state index in [1.54, 1.807) is 12.1 Å². The van der Waals surface area contributed by atoms with Gasteiger partial charge in [-0.2, -0.15) is 0 Å². The van der Waals surface area contributed by atoms with Crippen LogP contribution < -0.4 is 0 Å². The fraction of sp³-hybridized carbons (Fsp3) is 0.400. The molecule has 1 unspecified atom stereocenters. The summed E-state index contributed by atoms with van der Waals surface area (Å²) < 4.78 is 5.51.